The molecule has 0 aliphatic heterocycles. The van der Waals surface area contributed by atoms with Gasteiger partial charge in [0.05, 0.1) is 0 Å². The smallest absolute Gasteiger partial charge is 0.127 e. The van der Waals surface area contributed by atoms with E-state index in [1.807, 2.05) is 0 Å². The highest BCUT2D eigenvalue weighted by atomic mass is 16.3. The second-order valence-corrected chi connectivity index (χ2v) is 6.59. The van der Waals surface area contributed by atoms with Gasteiger partial charge in [-0.3, -0.25) is 0 Å². The molecule has 2 nitrogen and oxygen atoms in total. The third kappa shape index (κ3) is 3.30. The maximum Gasteiger partial charge on any atom is 0.127 e. The lowest BCUT2D eigenvalue weighted by molar-refractivity contribution is 0.496. The molecule has 2 unspecified atom stereocenters. The van der Waals surface area contributed by atoms with Crippen LogP contribution in [0.2, 0.25) is 0 Å². The minimum absolute atomic E-state index is 0.569. The van der Waals surface area contributed by atoms with Crippen LogP contribution >= 0.6 is 0 Å². The van der Waals surface area contributed by atoms with E-state index in [1.54, 1.807) is 0 Å². The second-order valence-electron chi connectivity index (χ2n) is 6.59. The van der Waals surface area contributed by atoms with Gasteiger partial charge in [0.15, 0.2) is 0 Å². The summed E-state index contributed by atoms with van der Waals surface area (Å²) in [5.41, 5.74) is 1.44. The molecule has 0 bridgehead atoms. The summed E-state index contributed by atoms with van der Waals surface area (Å²) in [4.78, 5) is 0. The molecule has 3 rings (SSSR count). The Morgan fingerprint density at radius 2 is 2.16 bits per heavy atom. The Labute approximate surface area is 116 Å². The Kier molecular flexibility index (Phi) is 3.53. The molecule has 0 radical (unpaired) electrons. The summed E-state index contributed by atoms with van der Waals surface area (Å²) in [6.07, 6.45) is 6.21. The Morgan fingerprint density at radius 1 is 1.42 bits per heavy atom. The van der Waals surface area contributed by atoms with Gasteiger partial charge in [0.2, 0.25) is 0 Å². The standard InChI is InChI=1S/C17H25NO/c1-11(2)13(10-18-14-4-5-14)9-15-6-7-17(19-15)16-8-12(16)3/h6-7,9,11-12,14,16,18H,4-5,8,10H2,1-3H3. The molecule has 104 valence electrons. The SMILES string of the molecule is CC(C)C(=Cc1ccc(C2CC2C)o1)CNC1CC1. The van der Waals surface area contributed by atoms with Crippen molar-refractivity contribution in [1.29, 1.82) is 0 Å². The van der Waals surface area contributed by atoms with E-state index in [0.29, 0.717) is 11.8 Å². The number of rotatable bonds is 6. The zero-order chi connectivity index (χ0) is 13.4. The van der Waals surface area contributed by atoms with Crippen LogP contribution in [0.4, 0.5) is 0 Å². The van der Waals surface area contributed by atoms with Gasteiger partial charge in [-0.1, -0.05) is 26.3 Å². The Morgan fingerprint density at radius 3 is 2.74 bits per heavy atom. The molecule has 1 aromatic rings. The van der Waals surface area contributed by atoms with Crippen LogP contribution < -0.4 is 5.32 Å². The van der Waals surface area contributed by atoms with E-state index in [4.69, 9.17) is 4.42 Å². The van der Waals surface area contributed by atoms with Crippen molar-refractivity contribution in [3.8, 4) is 0 Å². The van der Waals surface area contributed by atoms with Crippen LogP contribution in [0, 0.1) is 11.8 Å². The van der Waals surface area contributed by atoms with Crippen molar-refractivity contribution in [3.05, 3.63) is 29.2 Å². The van der Waals surface area contributed by atoms with Gasteiger partial charge in [0, 0.05) is 18.5 Å². The summed E-state index contributed by atoms with van der Waals surface area (Å²) in [7, 11) is 0. The largest absolute Gasteiger partial charge is 0.461 e. The number of hydrogen-bond donors (Lipinski definition) is 1. The van der Waals surface area contributed by atoms with Gasteiger partial charge in [-0.15, -0.1) is 0 Å². The fraction of sp³-hybridized carbons (Fsp3) is 0.647. The van der Waals surface area contributed by atoms with Crippen molar-refractivity contribution in [1.82, 2.24) is 5.32 Å². The van der Waals surface area contributed by atoms with E-state index >= 15 is 0 Å². The zero-order valence-corrected chi connectivity index (χ0v) is 12.3. The molecule has 0 saturated heterocycles. The van der Waals surface area contributed by atoms with E-state index in [1.165, 1.54) is 30.6 Å². The average Bonchev–Trinajstić information content (AvgIpc) is 3.27. The van der Waals surface area contributed by atoms with Crippen molar-refractivity contribution in [2.75, 3.05) is 6.54 Å². The summed E-state index contributed by atoms with van der Waals surface area (Å²) in [5.74, 6) is 4.25. The zero-order valence-electron chi connectivity index (χ0n) is 12.3. The Hall–Kier alpha value is -1.02. The summed E-state index contributed by atoms with van der Waals surface area (Å²) >= 11 is 0. The van der Waals surface area contributed by atoms with Crippen LogP contribution in [-0.2, 0) is 0 Å². The predicted molar refractivity (Wildman–Crippen MR) is 79.1 cm³/mol. The van der Waals surface area contributed by atoms with E-state index in [2.05, 4.69) is 44.3 Å². The van der Waals surface area contributed by atoms with Crippen molar-refractivity contribution in [2.45, 2.75) is 52.0 Å². The number of nitrogens with one attached hydrogen (secondary N) is 1. The topological polar surface area (TPSA) is 25.2 Å². The van der Waals surface area contributed by atoms with Crippen LogP contribution in [0.25, 0.3) is 6.08 Å². The molecule has 2 atom stereocenters. The molecule has 2 heteroatoms. The monoisotopic (exact) mass is 259 g/mol. The Bertz CT molecular complexity index is 467. The van der Waals surface area contributed by atoms with Gasteiger partial charge in [-0.2, -0.15) is 0 Å². The minimum atomic E-state index is 0.569. The molecule has 2 fully saturated rings. The highest BCUT2D eigenvalue weighted by molar-refractivity contribution is 5.49. The highest BCUT2D eigenvalue weighted by Crippen LogP contribution is 2.47. The fourth-order valence-electron chi connectivity index (χ4n) is 2.52. The third-order valence-corrected chi connectivity index (χ3v) is 4.36. The molecule has 2 saturated carbocycles. The first-order valence-corrected chi connectivity index (χ1v) is 7.67. The lowest BCUT2D eigenvalue weighted by atomic mass is 10.0. The fourth-order valence-corrected chi connectivity index (χ4v) is 2.52. The van der Waals surface area contributed by atoms with Gasteiger partial charge >= 0.3 is 0 Å². The molecule has 0 amide bonds. The first kappa shape index (κ1) is 13.0. The first-order chi connectivity index (χ1) is 9.13. The molecule has 2 aliphatic carbocycles. The molecule has 19 heavy (non-hydrogen) atoms. The maximum atomic E-state index is 5.98. The number of furan rings is 1. The second kappa shape index (κ2) is 5.16. The lowest BCUT2D eigenvalue weighted by Gasteiger charge is -2.11. The van der Waals surface area contributed by atoms with Gasteiger partial charge < -0.3 is 9.73 Å². The van der Waals surface area contributed by atoms with Gasteiger partial charge in [-0.25, -0.2) is 0 Å². The third-order valence-electron chi connectivity index (χ3n) is 4.36. The highest BCUT2D eigenvalue weighted by Gasteiger charge is 2.36. The van der Waals surface area contributed by atoms with Crippen molar-refractivity contribution < 1.29 is 4.42 Å². The molecule has 0 aromatic carbocycles. The summed E-state index contributed by atoms with van der Waals surface area (Å²) in [5, 5.41) is 3.60. The molecule has 1 heterocycles. The quantitative estimate of drug-likeness (QED) is 0.828. The molecule has 0 spiro atoms. The van der Waals surface area contributed by atoms with Crippen molar-refractivity contribution >= 4 is 6.08 Å². The van der Waals surface area contributed by atoms with Crippen LogP contribution in [0.5, 0.6) is 0 Å². The molecule has 2 aliphatic rings. The van der Waals surface area contributed by atoms with Crippen LogP contribution in [0.3, 0.4) is 0 Å². The minimum Gasteiger partial charge on any atom is -0.461 e. The number of hydrogen-bond acceptors (Lipinski definition) is 2. The average molecular weight is 259 g/mol. The molecular formula is C17H25NO. The molecule has 1 N–H and O–H groups in total. The van der Waals surface area contributed by atoms with Crippen LogP contribution in [0.15, 0.2) is 22.1 Å². The van der Waals surface area contributed by atoms with E-state index in [-0.39, 0.29) is 0 Å². The predicted octanol–water partition coefficient (Wildman–Crippen LogP) is 4.19. The van der Waals surface area contributed by atoms with E-state index in [0.717, 1.165) is 24.3 Å². The van der Waals surface area contributed by atoms with Gasteiger partial charge in [-0.05, 0) is 49.3 Å². The Balaban J connectivity index is 1.67. The van der Waals surface area contributed by atoms with Crippen molar-refractivity contribution in [3.63, 3.8) is 0 Å². The summed E-state index contributed by atoms with van der Waals surface area (Å²) in [6.45, 7) is 7.81. The summed E-state index contributed by atoms with van der Waals surface area (Å²) < 4.78 is 5.98. The van der Waals surface area contributed by atoms with E-state index < -0.39 is 0 Å². The molecule has 1 aromatic heterocycles. The van der Waals surface area contributed by atoms with E-state index in [9.17, 15) is 0 Å². The maximum absolute atomic E-state index is 5.98. The van der Waals surface area contributed by atoms with Crippen LogP contribution in [-0.4, -0.2) is 12.6 Å². The normalized spacial score (nSPS) is 27.1. The lowest BCUT2D eigenvalue weighted by Crippen LogP contribution is -2.21. The summed E-state index contributed by atoms with van der Waals surface area (Å²) in [6, 6.07) is 5.05. The van der Waals surface area contributed by atoms with Gasteiger partial charge in [0.25, 0.3) is 0 Å². The van der Waals surface area contributed by atoms with Crippen molar-refractivity contribution in [2.24, 2.45) is 11.8 Å². The van der Waals surface area contributed by atoms with Gasteiger partial charge in [0.1, 0.15) is 11.5 Å². The first-order valence-electron chi connectivity index (χ1n) is 7.67. The molecular weight excluding hydrogens is 234 g/mol. The van der Waals surface area contributed by atoms with Crippen LogP contribution in [0.1, 0.15) is 57.5 Å².